The van der Waals surface area contributed by atoms with E-state index in [1.807, 2.05) is 37.3 Å². The predicted octanol–water partition coefficient (Wildman–Crippen LogP) is 5.19. The molecule has 5 heteroatoms. The van der Waals surface area contributed by atoms with E-state index in [2.05, 4.69) is 4.98 Å². The Morgan fingerprint density at radius 1 is 1.09 bits per heavy atom. The standard InChI is InChI=1S/C17H14Cl2N2O/c1-2-22-17-12-7-3-6-11(16(12)21-9-14(17)20)10-5-4-8-13(18)15(10)19/h3-9H,2,20H2,1H3. The molecule has 1 heterocycles. The molecule has 0 saturated heterocycles. The second-order valence-electron chi connectivity index (χ2n) is 4.78. The number of ether oxygens (including phenoxy) is 1. The summed E-state index contributed by atoms with van der Waals surface area (Å²) in [5, 5.41) is 1.88. The number of nitrogen functional groups attached to an aromatic ring is 1. The van der Waals surface area contributed by atoms with Crippen molar-refractivity contribution in [3.05, 3.63) is 52.6 Å². The fraction of sp³-hybridized carbons (Fsp3) is 0.118. The van der Waals surface area contributed by atoms with Crippen LogP contribution in [0.4, 0.5) is 5.69 Å². The fourth-order valence-electron chi connectivity index (χ4n) is 2.45. The lowest BCUT2D eigenvalue weighted by molar-refractivity contribution is 0.346. The van der Waals surface area contributed by atoms with Crippen LogP contribution in [0.25, 0.3) is 22.0 Å². The van der Waals surface area contributed by atoms with Crippen LogP contribution >= 0.6 is 23.2 Å². The van der Waals surface area contributed by atoms with Crippen LogP contribution < -0.4 is 10.5 Å². The smallest absolute Gasteiger partial charge is 0.153 e. The van der Waals surface area contributed by atoms with Gasteiger partial charge in [-0.1, -0.05) is 47.5 Å². The average Bonchev–Trinajstić information content (AvgIpc) is 2.52. The Morgan fingerprint density at radius 3 is 2.59 bits per heavy atom. The maximum atomic E-state index is 6.34. The molecule has 0 unspecified atom stereocenters. The summed E-state index contributed by atoms with van der Waals surface area (Å²) in [6, 6.07) is 11.4. The second-order valence-corrected chi connectivity index (χ2v) is 5.56. The molecule has 0 radical (unpaired) electrons. The Hall–Kier alpha value is -1.97. The molecule has 0 atom stereocenters. The first kappa shape index (κ1) is 14.9. The Balaban J connectivity index is 2.32. The van der Waals surface area contributed by atoms with Crippen LogP contribution in [0.15, 0.2) is 42.6 Å². The zero-order chi connectivity index (χ0) is 15.7. The molecule has 3 aromatic rings. The van der Waals surface area contributed by atoms with E-state index in [1.165, 1.54) is 0 Å². The number of para-hydroxylation sites is 1. The average molecular weight is 333 g/mol. The second kappa shape index (κ2) is 6.03. The van der Waals surface area contributed by atoms with Crippen LogP contribution in [0.1, 0.15) is 6.92 Å². The minimum absolute atomic E-state index is 0.508. The highest BCUT2D eigenvalue weighted by Crippen LogP contribution is 2.39. The first-order chi connectivity index (χ1) is 10.6. The normalized spacial score (nSPS) is 10.9. The first-order valence-corrected chi connectivity index (χ1v) is 7.63. The van der Waals surface area contributed by atoms with Crippen molar-refractivity contribution >= 4 is 39.8 Å². The zero-order valence-corrected chi connectivity index (χ0v) is 13.4. The summed E-state index contributed by atoms with van der Waals surface area (Å²) in [6.45, 7) is 2.45. The summed E-state index contributed by atoms with van der Waals surface area (Å²) in [5.41, 5.74) is 9.01. The SMILES string of the molecule is CCOc1c(N)cnc2c(-c3cccc(Cl)c3Cl)cccc12. The molecule has 2 N–H and O–H groups in total. The van der Waals surface area contributed by atoms with Gasteiger partial charge in [-0.15, -0.1) is 0 Å². The van der Waals surface area contributed by atoms with E-state index in [4.69, 9.17) is 33.7 Å². The monoisotopic (exact) mass is 332 g/mol. The summed E-state index contributed by atoms with van der Waals surface area (Å²) < 4.78 is 5.67. The molecule has 0 amide bonds. The van der Waals surface area contributed by atoms with Gasteiger partial charge in [-0.25, -0.2) is 0 Å². The molecule has 0 aliphatic heterocycles. The van der Waals surface area contributed by atoms with Gasteiger partial charge >= 0.3 is 0 Å². The topological polar surface area (TPSA) is 48.1 Å². The summed E-state index contributed by atoms with van der Waals surface area (Å²) in [6.07, 6.45) is 1.61. The van der Waals surface area contributed by atoms with Crippen molar-refractivity contribution in [2.45, 2.75) is 6.92 Å². The number of benzene rings is 2. The molecule has 0 spiro atoms. The molecule has 2 aromatic carbocycles. The number of hydrogen-bond acceptors (Lipinski definition) is 3. The molecule has 0 fully saturated rings. The molecule has 0 aliphatic carbocycles. The third kappa shape index (κ3) is 2.47. The molecule has 0 bridgehead atoms. The lowest BCUT2D eigenvalue weighted by Gasteiger charge is -2.13. The highest BCUT2D eigenvalue weighted by atomic mass is 35.5. The van der Waals surface area contributed by atoms with Crippen LogP contribution in [0.5, 0.6) is 5.75 Å². The van der Waals surface area contributed by atoms with Gasteiger partial charge in [-0.05, 0) is 19.1 Å². The van der Waals surface area contributed by atoms with Gasteiger partial charge in [-0.2, -0.15) is 0 Å². The van der Waals surface area contributed by atoms with Crippen LogP contribution in [0, 0.1) is 0 Å². The van der Waals surface area contributed by atoms with E-state index in [9.17, 15) is 0 Å². The Kier molecular flexibility index (Phi) is 4.10. The molecule has 112 valence electrons. The van der Waals surface area contributed by atoms with Gasteiger partial charge < -0.3 is 10.5 Å². The molecule has 1 aromatic heterocycles. The predicted molar refractivity (Wildman–Crippen MR) is 92.8 cm³/mol. The maximum Gasteiger partial charge on any atom is 0.153 e. The number of fused-ring (bicyclic) bond motifs is 1. The van der Waals surface area contributed by atoms with Gasteiger partial charge in [0, 0.05) is 16.5 Å². The maximum absolute atomic E-state index is 6.34. The molecule has 22 heavy (non-hydrogen) atoms. The molecule has 3 nitrogen and oxygen atoms in total. The van der Waals surface area contributed by atoms with Crippen LogP contribution in [0.3, 0.4) is 0 Å². The zero-order valence-electron chi connectivity index (χ0n) is 11.9. The van der Waals surface area contributed by atoms with Crippen molar-refractivity contribution in [2.24, 2.45) is 0 Å². The van der Waals surface area contributed by atoms with E-state index >= 15 is 0 Å². The highest BCUT2D eigenvalue weighted by Gasteiger charge is 2.14. The quantitative estimate of drug-likeness (QED) is 0.717. The number of halogens is 2. The van der Waals surface area contributed by atoms with Gasteiger partial charge in [0.05, 0.1) is 34.1 Å². The molecular formula is C17H14Cl2N2O. The molecule has 0 saturated carbocycles. The van der Waals surface area contributed by atoms with Gasteiger partial charge in [0.15, 0.2) is 5.75 Å². The third-order valence-electron chi connectivity index (χ3n) is 3.41. The minimum atomic E-state index is 0.508. The lowest BCUT2D eigenvalue weighted by Crippen LogP contribution is -1.99. The van der Waals surface area contributed by atoms with Gasteiger partial charge in [0.2, 0.25) is 0 Å². The minimum Gasteiger partial charge on any atom is -0.491 e. The first-order valence-electron chi connectivity index (χ1n) is 6.88. The van der Waals surface area contributed by atoms with Gasteiger partial charge in [-0.3, -0.25) is 4.98 Å². The fourth-order valence-corrected chi connectivity index (χ4v) is 2.85. The third-order valence-corrected chi connectivity index (χ3v) is 4.22. The van der Waals surface area contributed by atoms with Crippen molar-refractivity contribution < 1.29 is 4.74 Å². The number of hydrogen-bond donors (Lipinski definition) is 1. The molecular weight excluding hydrogens is 319 g/mol. The number of pyridine rings is 1. The number of aromatic nitrogens is 1. The van der Waals surface area contributed by atoms with Crippen molar-refractivity contribution in [3.8, 4) is 16.9 Å². The van der Waals surface area contributed by atoms with E-state index < -0.39 is 0 Å². The number of nitrogens with zero attached hydrogens (tertiary/aromatic N) is 1. The number of nitrogens with two attached hydrogens (primary N) is 1. The number of anilines is 1. The summed E-state index contributed by atoms with van der Waals surface area (Å²) in [4.78, 5) is 4.46. The Morgan fingerprint density at radius 2 is 1.82 bits per heavy atom. The van der Waals surface area contributed by atoms with E-state index in [0.29, 0.717) is 28.1 Å². The summed E-state index contributed by atoms with van der Waals surface area (Å²) in [5.74, 6) is 0.646. The van der Waals surface area contributed by atoms with Crippen molar-refractivity contribution in [1.29, 1.82) is 0 Å². The van der Waals surface area contributed by atoms with E-state index in [1.54, 1.807) is 12.3 Å². The van der Waals surface area contributed by atoms with Crippen LogP contribution in [0.2, 0.25) is 10.0 Å². The molecule has 0 aliphatic rings. The van der Waals surface area contributed by atoms with Crippen molar-refractivity contribution in [3.63, 3.8) is 0 Å². The van der Waals surface area contributed by atoms with Crippen molar-refractivity contribution in [2.75, 3.05) is 12.3 Å². The van der Waals surface area contributed by atoms with E-state index in [-0.39, 0.29) is 0 Å². The summed E-state index contributed by atoms with van der Waals surface area (Å²) >= 11 is 12.5. The number of rotatable bonds is 3. The highest BCUT2D eigenvalue weighted by molar-refractivity contribution is 6.43. The van der Waals surface area contributed by atoms with Crippen molar-refractivity contribution in [1.82, 2.24) is 4.98 Å². The van der Waals surface area contributed by atoms with Crippen LogP contribution in [-0.2, 0) is 0 Å². The lowest BCUT2D eigenvalue weighted by atomic mass is 10.0. The largest absolute Gasteiger partial charge is 0.491 e. The van der Waals surface area contributed by atoms with Gasteiger partial charge in [0.25, 0.3) is 0 Å². The summed E-state index contributed by atoms with van der Waals surface area (Å²) in [7, 11) is 0. The Labute approximate surface area is 138 Å². The Bertz CT molecular complexity index is 849. The van der Waals surface area contributed by atoms with E-state index in [0.717, 1.165) is 22.0 Å². The molecule has 3 rings (SSSR count). The van der Waals surface area contributed by atoms with Crippen LogP contribution in [-0.4, -0.2) is 11.6 Å². The van der Waals surface area contributed by atoms with Gasteiger partial charge in [0.1, 0.15) is 0 Å².